The summed E-state index contributed by atoms with van der Waals surface area (Å²) in [5.74, 6) is -0.241. The number of nitrogens with two attached hydrogens (primary N) is 1. The summed E-state index contributed by atoms with van der Waals surface area (Å²) in [6, 6.07) is 7.21. The summed E-state index contributed by atoms with van der Waals surface area (Å²) in [5, 5.41) is 13.5. The van der Waals surface area contributed by atoms with Gasteiger partial charge in [0.1, 0.15) is 0 Å². The number of hydrogen-bond acceptors (Lipinski definition) is 3. The zero-order valence-electron chi connectivity index (χ0n) is 9.82. The van der Waals surface area contributed by atoms with Crippen molar-refractivity contribution in [3.8, 4) is 0 Å². The molecule has 0 radical (unpaired) electrons. The number of aliphatic hydroxyl groups excluding tert-OH is 1. The van der Waals surface area contributed by atoms with Gasteiger partial charge in [0.25, 0.3) is 0 Å². The van der Waals surface area contributed by atoms with E-state index in [1.54, 1.807) is 23.5 Å². The molecule has 2 nitrogen and oxygen atoms in total. The standard InChI is InChI=1S/C13H12Cl2INOS/c14-8-1-2-9(11(15)4-8)10(5-17)13(18)7-3-12(16)19-6-7/h1-4,6,10,13,18H,5,17H2. The highest BCUT2D eigenvalue weighted by molar-refractivity contribution is 14.1. The summed E-state index contributed by atoms with van der Waals surface area (Å²) < 4.78 is 1.13. The van der Waals surface area contributed by atoms with E-state index in [9.17, 15) is 5.11 Å². The lowest BCUT2D eigenvalue weighted by atomic mass is 9.90. The molecule has 2 atom stereocenters. The third-order valence-electron chi connectivity index (χ3n) is 2.93. The fourth-order valence-electron chi connectivity index (χ4n) is 1.94. The molecule has 0 saturated heterocycles. The number of aliphatic hydroxyl groups is 1. The Hall–Kier alpha value is 0.150. The van der Waals surface area contributed by atoms with Crippen LogP contribution >= 0.6 is 57.1 Å². The van der Waals surface area contributed by atoms with Crippen molar-refractivity contribution in [3.63, 3.8) is 0 Å². The molecule has 0 aliphatic rings. The lowest BCUT2D eigenvalue weighted by Gasteiger charge is -2.22. The van der Waals surface area contributed by atoms with Crippen molar-refractivity contribution in [1.82, 2.24) is 0 Å². The first-order chi connectivity index (χ1) is 9.02. The second kappa shape index (κ2) is 6.74. The van der Waals surface area contributed by atoms with E-state index in [2.05, 4.69) is 22.6 Å². The van der Waals surface area contributed by atoms with Gasteiger partial charge in [0.05, 0.1) is 8.99 Å². The minimum absolute atomic E-state index is 0.241. The molecule has 3 N–H and O–H groups in total. The van der Waals surface area contributed by atoms with Crippen molar-refractivity contribution in [3.05, 3.63) is 53.7 Å². The smallest absolute Gasteiger partial charge is 0.0879 e. The molecule has 0 saturated carbocycles. The van der Waals surface area contributed by atoms with E-state index in [-0.39, 0.29) is 5.92 Å². The average molecular weight is 428 g/mol. The Morgan fingerprint density at radius 3 is 2.58 bits per heavy atom. The Morgan fingerprint density at radius 1 is 1.32 bits per heavy atom. The first-order valence-electron chi connectivity index (χ1n) is 5.60. The fraction of sp³-hybridized carbons (Fsp3) is 0.231. The number of thiophene rings is 1. The van der Waals surface area contributed by atoms with Gasteiger partial charge in [0, 0.05) is 22.5 Å². The first-order valence-corrected chi connectivity index (χ1v) is 8.31. The van der Waals surface area contributed by atoms with Crippen LogP contribution in [0.4, 0.5) is 0 Å². The predicted molar refractivity (Wildman–Crippen MR) is 90.3 cm³/mol. The number of halogens is 3. The second-order valence-corrected chi connectivity index (χ2v) is 7.79. The molecule has 6 heteroatoms. The molecule has 0 bridgehead atoms. The molecule has 1 heterocycles. The highest BCUT2D eigenvalue weighted by atomic mass is 127. The quantitative estimate of drug-likeness (QED) is 0.708. The van der Waals surface area contributed by atoms with Gasteiger partial charge in [-0.2, -0.15) is 0 Å². The predicted octanol–water partition coefficient (Wildman–Crippen LogP) is 4.44. The Balaban J connectivity index is 2.33. The van der Waals surface area contributed by atoms with E-state index in [4.69, 9.17) is 28.9 Å². The fourth-order valence-corrected chi connectivity index (χ4v) is 3.89. The molecule has 0 aliphatic heterocycles. The molecule has 1 aromatic heterocycles. The van der Waals surface area contributed by atoms with Crippen LogP contribution in [0.5, 0.6) is 0 Å². The number of benzene rings is 1. The molecule has 1 aromatic carbocycles. The van der Waals surface area contributed by atoms with Crippen molar-refractivity contribution >= 4 is 57.1 Å². The highest BCUT2D eigenvalue weighted by Crippen LogP contribution is 2.36. The molecule has 2 unspecified atom stereocenters. The van der Waals surface area contributed by atoms with Crippen molar-refractivity contribution in [2.24, 2.45) is 5.73 Å². The van der Waals surface area contributed by atoms with Crippen molar-refractivity contribution < 1.29 is 5.11 Å². The molecule has 2 aromatic rings. The average Bonchev–Trinajstić information content (AvgIpc) is 2.79. The molecule has 102 valence electrons. The summed E-state index contributed by atoms with van der Waals surface area (Å²) in [7, 11) is 0. The normalized spacial score (nSPS) is 14.4. The van der Waals surface area contributed by atoms with Crippen LogP contribution in [0.25, 0.3) is 0 Å². The largest absolute Gasteiger partial charge is 0.388 e. The summed E-state index contributed by atoms with van der Waals surface area (Å²) in [6.45, 7) is 0.314. The van der Waals surface area contributed by atoms with Gasteiger partial charge in [-0.15, -0.1) is 11.3 Å². The number of rotatable bonds is 4. The van der Waals surface area contributed by atoms with Crippen LogP contribution in [0.2, 0.25) is 10.0 Å². The Morgan fingerprint density at radius 2 is 2.05 bits per heavy atom. The maximum Gasteiger partial charge on any atom is 0.0879 e. The maximum absolute atomic E-state index is 10.5. The van der Waals surface area contributed by atoms with Crippen LogP contribution in [-0.2, 0) is 0 Å². The van der Waals surface area contributed by atoms with E-state index in [1.165, 1.54) is 0 Å². The third-order valence-corrected chi connectivity index (χ3v) is 5.30. The third kappa shape index (κ3) is 3.62. The van der Waals surface area contributed by atoms with Gasteiger partial charge in [-0.1, -0.05) is 29.3 Å². The Labute approximate surface area is 139 Å². The van der Waals surface area contributed by atoms with Crippen molar-refractivity contribution in [1.29, 1.82) is 0 Å². The first kappa shape index (κ1) is 15.5. The van der Waals surface area contributed by atoms with Crippen LogP contribution in [0.1, 0.15) is 23.1 Å². The monoisotopic (exact) mass is 427 g/mol. The van der Waals surface area contributed by atoms with E-state index >= 15 is 0 Å². The van der Waals surface area contributed by atoms with E-state index in [0.29, 0.717) is 16.6 Å². The van der Waals surface area contributed by atoms with Crippen LogP contribution in [0, 0.1) is 2.88 Å². The lowest BCUT2D eigenvalue weighted by molar-refractivity contribution is 0.148. The highest BCUT2D eigenvalue weighted by Gasteiger charge is 2.24. The molecule has 19 heavy (non-hydrogen) atoms. The number of hydrogen-bond donors (Lipinski definition) is 2. The maximum atomic E-state index is 10.5. The van der Waals surface area contributed by atoms with Gasteiger partial charge in [-0.3, -0.25) is 0 Å². The van der Waals surface area contributed by atoms with Gasteiger partial charge in [-0.05, 0) is 57.3 Å². The van der Waals surface area contributed by atoms with Crippen LogP contribution < -0.4 is 5.73 Å². The van der Waals surface area contributed by atoms with E-state index in [0.717, 1.165) is 14.0 Å². The van der Waals surface area contributed by atoms with Crippen molar-refractivity contribution in [2.45, 2.75) is 12.0 Å². The molecule has 2 rings (SSSR count). The van der Waals surface area contributed by atoms with E-state index in [1.807, 2.05) is 17.5 Å². The van der Waals surface area contributed by atoms with E-state index < -0.39 is 6.10 Å². The SMILES string of the molecule is NCC(c1ccc(Cl)cc1Cl)C(O)c1csc(I)c1. The molecular formula is C13H12Cl2INOS. The van der Waals surface area contributed by atoms with Gasteiger partial charge >= 0.3 is 0 Å². The molecule has 0 spiro atoms. The molecule has 0 aliphatic carbocycles. The topological polar surface area (TPSA) is 46.2 Å². The zero-order chi connectivity index (χ0) is 14.0. The summed E-state index contributed by atoms with van der Waals surface area (Å²) in [5.41, 5.74) is 7.50. The summed E-state index contributed by atoms with van der Waals surface area (Å²) in [4.78, 5) is 0. The van der Waals surface area contributed by atoms with Crippen molar-refractivity contribution in [2.75, 3.05) is 6.54 Å². The minimum Gasteiger partial charge on any atom is -0.388 e. The van der Waals surface area contributed by atoms with Gasteiger partial charge in [0.15, 0.2) is 0 Å². The van der Waals surface area contributed by atoms with Crippen LogP contribution in [0.3, 0.4) is 0 Å². The Bertz CT molecular complexity index is 576. The molecule has 0 amide bonds. The van der Waals surface area contributed by atoms with Gasteiger partial charge in [0.2, 0.25) is 0 Å². The summed E-state index contributed by atoms with van der Waals surface area (Å²) in [6.07, 6.45) is -0.663. The van der Waals surface area contributed by atoms with Crippen LogP contribution in [-0.4, -0.2) is 11.7 Å². The zero-order valence-corrected chi connectivity index (χ0v) is 14.3. The second-order valence-electron chi connectivity index (χ2n) is 4.14. The molecular weight excluding hydrogens is 416 g/mol. The molecule has 0 fully saturated rings. The Kier molecular flexibility index (Phi) is 5.51. The minimum atomic E-state index is -0.663. The van der Waals surface area contributed by atoms with Gasteiger partial charge < -0.3 is 10.8 Å². The lowest BCUT2D eigenvalue weighted by Crippen LogP contribution is -2.20. The van der Waals surface area contributed by atoms with Gasteiger partial charge in [-0.25, -0.2) is 0 Å². The van der Waals surface area contributed by atoms with Crippen LogP contribution in [0.15, 0.2) is 29.6 Å². The summed E-state index contributed by atoms with van der Waals surface area (Å²) >= 11 is 15.9.